The maximum atomic E-state index is 10.7. The van der Waals surface area contributed by atoms with Crippen LogP contribution < -0.4 is 10.1 Å². The molecule has 0 radical (unpaired) electrons. The first-order chi connectivity index (χ1) is 10.1. The summed E-state index contributed by atoms with van der Waals surface area (Å²) in [4.78, 5) is 12.7. The predicted molar refractivity (Wildman–Crippen MR) is 83.9 cm³/mol. The third kappa shape index (κ3) is 4.31. The van der Waals surface area contributed by atoms with Gasteiger partial charge in [0, 0.05) is 27.9 Å². The van der Waals surface area contributed by atoms with Crippen LogP contribution in [0, 0.1) is 0 Å². The number of rotatable bonds is 7. The van der Waals surface area contributed by atoms with Crippen molar-refractivity contribution in [1.82, 2.24) is 5.32 Å². The molecule has 2 aromatic rings. The second kappa shape index (κ2) is 7.24. The number of hydrogen-bond donors (Lipinski definition) is 2. The summed E-state index contributed by atoms with van der Waals surface area (Å²) in [6.45, 7) is 2.80. The van der Waals surface area contributed by atoms with Gasteiger partial charge >= 0.3 is 5.97 Å². The summed E-state index contributed by atoms with van der Waals surface area (Å²) in [7, 11) is 1.67. The average molecular weight is 305 g/mol. The molecule has 1 aromatic heterocycles. The van der Waals surface area contributed by atoms with Crippen LogP contribution in [0.25, 0.3) is 0 Å². The van der Waals surface area contributed by atoms with Crippen molar-refractivity contribution >= 4 is 17.3 Å². The second-order valence-electron chi connectivity index (χ2n) is 4.78. The molecule has 0 aliphatic rings. The molecule has 0 aliphatic heterocycles. The lowest BCUT2D eigenvalue weighted by Gasteiger charge is -2.16. The van der Waals surface area contributed by atoms with E-state index in [0.717, 1.165) is 21.1 Å². The van der Waals surface area contributed by atoms with Gasteiger partial charge in [-0.3, -0.25) is 4.79 Å². The van der Waals surface area contributed by atoms with E-state index in [1.165, 1.54) is 11.3 Å². The molecule has 5 heteroatoms. The number of benzene rings is 1. The fourth-order valence-electron chi connectivity index (χ4n) is 2.15. The van der Waals surface area contributed by atoms with Gasteiger partial charge < -0.3 is 15.2 Å². The minimum absolute atomic E-state index is 0.0900. The van der Waals surface area contributed by atoms with Gasteiger partial charge in [-0.25, -0.2) is 0 Å². The van der Waals surface area contributed by atoms with Crippen LogP contribution in [0.4, 0.5) is 0 Å². The molecule has 1 atom stereocenters. The van der Waals surface area contributed by atoms with Crippen molar-refractivity contribution in [2.75, 3.05) is 7.11 Å². The number of aliphatic carboxylic acids is 1. The van der Waals surface area contributed by atoms with Gasteiger partial charge in [-0.2, -0.15) is 0 Å². The van der Waals surface area contributed by atoms with E-state index in [4.69, 9.17) is 9.84 Å². The predicted octanol–water partition coefficient (Wildman–Crippen LogP) is 3.23. The number of carboxylic acid groups (broad SMARTS) is 1. The summed E-state index contributed by atoms with van der Waals surface area (Å²) in [5.41, 5.74) is 1.11. The number of thiophene rings is 1. The highest BCUT2D eigenvalue weighted by Crippen LogP contribution is 2.25. The molecule has 0 fully saturated rings. The fraction of sp³-hybridized carbons (Fsp3) is 0.312. The molecule has 0 saturated heterocycles. The summed E-state index contributed by atoms with van der Waals surface area (Å²) in [6, 6.07) is 11.9. The smallest absolute Gasteiger partial charge is 0.308 e. The second-order valence-corrected chi connectivity index (χ2v) is 6.04. The Bertz CT molecular complexity index is 609. The van der Waals surface area contributed by atoms with E-state index in [0.29, 0.717) is 6.54 Å². The summed E-state index contributed by atoms with van der Waals surface area (Å²) in [6.07, 6.45) is 0.0900. The Hall–Kier alpha value is -1.85. The van der Waals surface area contributed by atoms with Crippen LogP contribution >= 0.6 is 11.3 Å². The maximum Gasteiger partial charge on any atom is 0.308 e. The Balaban J connectivity index is 1.96. The molecule has 0 saturated carbocycles. The van der Waals surface area contributed by atoms with Gasteiger partial charge in [-0.05, 0) is 25.1 Å². The molecule has 0 spiro atoms. The van der Waals surface area contributed by atoms with Crippen LogP contribution in [-0.4, -0.2) is 18.2 Å². The molecule has 1 aromatic carbocycles. The average Bonchev–Trinajstić information content (AvgIpc) is 2.91. The largest absolute Gasteiger partial charge is 0.496 e. The number of para-hydroxylation sites is 1. The number of carboxylic acids is 1. The Morgan fingerprint density at radius 3 is 2.71 bits per heavy atom. The molecule has 2 rings (SSSR count). The monoisotopic (exact) mass is 305 g/mol. The molecule has 2 N–H and O–H groups in total. The van der Waals surface area contributed by atoms with E-state index in [9.17, 15) is 4.79 Å². The van der Waals surface area contributed by atoms with Crippen LogP contribution in [0.5, 0.6) is 5.75 Å². The number of nitrogens with one attached hydrogen (secondary N) is 1. The summed E-state index contributed by atoms with van der Waals surface area (Å²) < 4.78 is 5.36. The Labute approximate surface area is 128 Å². The number of carbonyl (C=O) groups is 1. The normalized spacial score (nSPS) is 12.1. The van der Waals surface area contributed by atoms with E-state index in [2.05, 4.69) is 12.2 Å². The minimum atomic E-state index is -0.793. The zero-order chi connectivity index (χ0) is 15.2. The Morgan fingerprint density at radius 2 is 2.00 bits per heavy atom. The number of ether oxygens (including phenoxy) is 1. The number of methoxy groups -OCH3 is 1. The van der Waals surface area contributed by atoms with Crippen molar-refractivity contribution in [2.45, 2.75) is 25.9 Å². The highest BCUT2D eigenvalue weighted by Gasteiger charge is 2.11. The molecule has 112 valence electrons. The van der Waals surface area contributed by atoms with Crippen LogP contribution in [0.2, 0.25) is 0 Å². The molecular formula is C16H19NO3S. The first-order valence-corrected chi connectivity index (χ1v) is 7.57. The van der Waals surface area contributed by atoms with E-state index < -0.39 is 5.97 Å². The zero-order valence-electron chi connectivity index (χ0n) is 12.1. The zero-order valence-corrected chi connectivity index (χ0v) is 12.9. The molecule has 4 nitrogen and oxygen atoms in total. The van der Waals surface area contributed by atoms with Crippen molar-refractivity contribution in [3.8, 4) is 5.75 Å². The Kier molecular flexibility index (Phi) is 5.36. The van der Waals surface area contributed by atoms with E-state index in [1.807, 2.05) is 36.4 Å². The highest BCUT2D eigenvalue weighted by atomic mass is 32.1. The van der Waals surface area contributed by atoms with Gasteiger partial charge in [0.15, 0.2) is 0 Å². The van der Waals surface area contributed by atoms with Crippen LogP contribution in [-0.2, 0) is 17.8 Å². The van der Waals surface area contributed by atoms with E-state index in [-0.39, 0.29) is 12.5 Å². The first-order valence-electron chi connectivity index (χ1n) is 6.76. The van der Waals surface area contributed by atoms with Crippen LogP contribution in [0.15, 0.2) is 36.4 Å². The van der Waals surface area contributed by atoms with E-state index >= 15 is 0 Å². The lowest BCUT2D eigenvalue weighted by atomic mass is 10.1. The first kappa shape index (κ1) is 15.5. The molecule has 0 amide bonds. The molecular weight excluding hydrogens is 286 g/mol. The molecule has 0 aliphatic carbocycles. The van der Waals surface area contributed by atoms with Crippen molar-refractivity contribution in [1.29, 1.82) is 0 Å². The SMILES string of the molecule is COc1ccccc1[C@H](C)NCc1ccc(CC(=O)O)s1. The topological polar surface area (TPSA) is 58.6 Å². The summed E-state index contributed by atoms with van der Waals surface area (Å²) in [5.74, 6) is 0.0778. The van der Waals surface area contributed by atoms with Crippen molar-refractivity contribution in [3.63, 3.8) is 0 Å². The molecule has 21 heavy (non-hydrogen) atoms. The fourth-order valence-corrected chi connectivity index (χ4v) is 3.11. The van der Waals surface area contributed by atoms with Gasteiger partial charge in [-0.15, -0.1) is 11.3 Å². The van der Waals surface area contributed by atoms with E-state index in [1.54, 1.807) is 7.11 Å². The van der Waals surface area contributed by atoms with Gasteiger partial charge in [0.1, 0.15) is 5.75 Å². The molecule has 0 unspecified atom stereocenters. The lowest BCUT2D eigenvalue weighted by Crippen LogP contribution is -2.18. The Morgan fingerprint density at radius 1 is 1.29 bits per heavy atom. The number of hydrogen-bond acceptors (Lipinski definition) is 4. The summed E-state index contributed by atoms with van der Waals surface area (Å²) in [5, 5.41) is 12.2. The van der Waals surface area contributed by atoms with Crippen molar-refractivity contribution < 1.29 is 14.6 Å². The minimum Gasteiger partial charge on any atom is -0.496 e. The van der Waals surface area contributed by atoms with Gasteiger partial charge in [0.05, 0.1) is 13.5 Å². The van der Waals surface area contributed by atoms with Crippen LogP contribution in [0.1, 0.15) is 28.3 Å². The highest BCUT2D eigenvalue weighted by molar-refractivity contribution is 7.12. The quantitative estimate of drug-likeness (QED) is 0.824. The third-order valence-electron chi connectivity index (χ3n) is 3.23. The summed E-state index contributed by atoms with van der Waals surface area (Å²) >= 11 is 1.53. The molecule has 1 heterocycles. The maximum absolute atomic E-state index is 10.7. The van der Waals surface area contributed by atoms with Crippen LogP contribution in [0.3, 0.4) is 0 Å². The standard InChI is InChI=1S/C16H19NO3S/c1-11(14-5-3-4-6-15(14)20-2)17-10-13-8-7-12(21-13)9-16(18)19/h3-8,11,17H,9-10H2,1-2H3,(H,18,19)/t11-/m0/s1. The van der Waals surface area contributed by atoms with Gasteiger partial charge in [0.25, 0.3) is 0 Å². The van der Waals surface area contributed by atoms with Gasteiger partial charge in [0.2, 0.25) is 0 Å². The molecule has 0 bridgehead atoms. The van der Waals surface area contributed by atoms with Crippen molar-refractivity contribution in [2.24, 2.45) is 0 Å². The van der Waals surface area contributed by atoms with Gasteiger partial charge in [-0.1, -0.05) is 18.2 Å². The van der Waals surface area contributed by atoms with Crippen molar-refractivity contribution in [3.05, 3.63) is 51.7 Å². The third-order valence-corrected chi connectivity index (χ3v) is 4.32. The lowest BCUT2D eigenvalue weighted by molar-refractivity contribution is -0.136.